The number of carbonyl (C=O) groups excluding carboxylic acids is 1. The number of rotatable bonds is 4. The van der Waals surface area contributed by atoms with Gasteiger partial charge in [0.2, 0.25) is 0 Å². The van der Waals surface area contributed by atoms with E-state index in [9.17, 15) is 13.6 Å². The highest BCUT2D eigenvalue weighted by Crippen LogP contribution is 2.43. The van der Waals surface area contributed by atoms with Gasteiger partial charge in [0.05, 0.1) is 4.88 Å². The summed E-state index contributed by atoms with van der Waals surface area (Å²) in [6.07, 6.45) is 4.91. The highest BCUT2D eigenvalue weighted by atomic mass is 32.1. The first kappa shape index (κ1) is 15.8. The molecule has 1 unspecified atom stereocenters. The van der Waals surface area contributed by atoms with Crippen molar-refractivity contribution in [2.75, 3.05) is 6.61 Å². The third-order valence-corrected chi connectivity index (χ3v) is 4.47. The Morgan fingerprint density at radius 2 is 2.19 bits per heavy atom. The van der Waals surface area contributed by atoms with Gasteiger partial charge >= 0.3 is 0 Å². The fourth-order valence-electron chi connectivity index (χ4n) is 2.27. The molecule has 0 spiro atoms. The number of allylic oxidation sites excluding steroid dienone is 2. The number of halogens is 2. The monoisotopic (exact) mass is 310 g/mol. The van der Waals surface area contributed by atoms with Crippen LogP contribution in [-0.2, 0) is 4.74 Å². The Bertz CT molecular complexity index is 626. The molecule has 0 saturated carbocycles. The summed E-state index contributed by atoms with van der Waals surface area (Å²) in [5, 5.41) is 0. The van der Waals surface area contributed by atoms with Crippen molar-refractivity contribution < 1.29 is 18.3 Å². The Morgan fingerprint density at radius 1 is 1.48 bits per heavy atom. The molecular formula is C16H16F2O2S. The van der Waals surface area contributed by atoms with Crippen molar-refractivity contribution in [1.82, 2.24) is 0 Å². The van der Waals surface area contributed by atoms with Crippen LogP contribution in [0.1, 0.15) is 33.1 Å². The molecule has 0 aliphatic carbocycles. The first-order valence-corrected chi connectivity index (χ1v) is 7.27. The molecule has 0 fully saturated rings. The number of aldehydes is 1. The minimum atomic E-state index is -2.98. The van der Waals surface area contributed by atoms with Gasteiger partial charge in [0.15, 0.2) is 6.29 Å². The summed E-state index contributed by atoms with van der Waals surface area (Å²) < 4.78 is 33.1. The SMILES string of the molecule is C=C/C=C\C1=C(C)C(F)(F)COC1c1cc(C=O)sc1C. The van der Waals surface area contributed by atoms with E-state index in [2.05, 4.69) is 6.58 Å². The van der Waals surface area contributed by atoms with Crippen LogP contribution in [0.5, 0.6) is 0 Å². The summed E-state index contributed by atoms with van der Waals surface area (Å²) in [6.45, 7) is 6.18. The van der Waals surface area contributed by atoms with Crippen LogP contribution in [0.15, 0.2) is 42.0 Å². The molecule has 1 aromatic heterocycles. The molecule has 0 saturated heterocycles. The van der Waals surface area contributed by atoms with E-state index in [1.54, 1.807) is 18.2 Å². The highest BCUT2D eigenvalue weighted by molar-refractivity contribution is 7.13. The smallest absolute Gasteiger partial charge is 0.292 e. The van der Waals surface area contributed by atoms with E-state index in [0.717, 1.165) is 16.7 Å². The number of aryl methyl sites for hydroxylation is 1. The van der Waals surface area contributed by atoms with Crippen molar-refractivity contribution in [3.05, 3.63) is 57.3 Å². The molecule has 1 aliphatic rings. The third kappa shape index (κ3) is 3.04. The molecule has 0 N–H and O–H groups in total. The quantitative estimate of drug-likeness (QED) is 0.598. The van der Waals surface area contributed by atoms with Crippen LogP contribution in [0.3, 0.4) is 0 Å². The molecule has 2 rings (SSSR count). The Labute approximate surface area is 126 Å². The lowest BCUT2D eigenvalue weighted by molar-refractivity contribution is -0.0840. The van der Waals surface area contributed by atoms with Gasteiger partial charge in [-0.2, -0.15) is 8.78 Å². The van der Waals surface area contributed by atoms with Crippen LogP contribution in [0, 0.1) is 6.92 Å². The first-order chi connectivity index (χ1) is 9.90. The van der Waals surface area contributed by atoms with E-state index in [1.807, 2.05) is 6.92 Å². The summed E-state index contributed by atoms with van der Waals surface area (Å²) in [5.74, 6) is -2.98. The molecule has 0 amide bonds. The van der Waals surface area contributed by atoms with Gasteiger partial charge in [0.1, 0.15) is 12.7 Å². The molecule has 1 atom stereocenters. The number of ether oxygens (including phenoxy) is 1. The third-order valence-electron chi connectivity index (χ3n) is 3.48. The Morgan fingerprint density at radius 3 is 2.76 bits per heavy atom. The van der Waals surface area contributed by atoms with E-state index >= 15 is 0 Å². The van der Waals surface area contributed by atoms with Crippen molar-refractivity contribution in [3.8, 4) is 0 Å². The molecule has 0 aromatic carbocycles. The normalized spacial score (nSPS) is 21.8. The van der Waals surface area contributed by atoms with E-state index in [0.29, 0.717) is 10.5 Å². The number of carbonyl (C=O) groups is 1. The molecule has 0 bridgehead atoms. The zero-order chi connectivity index (χ0) is 15.6. The van der Waals surface area contributed by atoms with E-state index in [4.69, 9.17) is 4.74 Å². The maximum atomic E-state index is 13.8. The van der Waals surface area contributed by atoms with Crippen molar-refractivity contribution in [2.24, 2.45) is 0 Å². The lowest BCUT2D eigenvalue weighted by Gasteiger charge is -2.32. The van der Waals surface area contributed by atoms with Crippen LogP contribution >= 0.6 is 11.3 Å². The summed E-state index contributed by atoms with van der Waals surface area (Å²) in [7, 11) is 0. The van der Waals surface area contributed by atoms with Crippen LogP contribution in [0.25, 0.3) is 0 Å². The van der Waals surface area contributed by atoms with Gasteiger partial charge in [0.25, 0.3) is 5.92 Å². The van der Waals surface area contributed by atoms with Gasteiger partial charge in [0, 0.05) is 10.5 Å². The van der Waals surface area contributed by atoms with Crippen molar-refractivity contribution >= 4 is 17.6 Å². The van der Waals surface area contributed by atoms with Crippen LogP contribution < -0.4 is 0 Å². The second-order valence-electron chi connectivity index (χ2n) is 4.85. The fourth-order valence-corrected chi connectivity index (χ4v) is 3.15. The Balaban J connectivity index is 2.53. The second kappa shape index (κ2) is 6.03. The van der Waals surface area contributed by atoms with Gasteiger partial charge in [-0.3, -0.25) is 4.79 Å². The highest BCUT2D eigenvalue weighted by Gasteiger charge is 2.41. The largest absolute Gasteiger partial charge is 0.362 e. The molecule has 21 heavy (non-hydrogen) atoms. The van der Waals surface area contributed by atoms with Gasteiger partial charge in [-0.25, -0.2) is 0 Å². The molecule has 2 heterocycles. The minimum absolute atomic E-state index is 0.00453. The average molecular weight is 310 g/mol. The summed E-state index contributed by atoms with van der Waals surface area (Å²) in [6, 6.07) is 1.70. The zero-order valence-electron chi connectivity index (χ0n) is 11.9. The number of hydrogen-bond acceptors (Lipinski definition) is 3. The topological polar surface area (TPSA) is 26.3 Å². The predicted octanol–water partition coefficient (Wildman–Crippen LogP) is 4.63. The fraction of sp³-hybridized carbons (Fsp3) is 0.312. The van der Waals surface area contributed by atoms with Crippen LogP contribution in [0.2, 0.25) is 0 Å². The molecule has 1 aliphatic heterocycles. The average Bonchev–Trinajstić information content (AvgIpc) is 2.82. The summed E-state index contributed by atoms with van der Waals surface area (Å²) in [4.78, 5) is 12.3. The minimum Gasteiger partial charge on any atom is -0.362 e. The number of hydrogen-bond donors (Lipinski definition) is 0. The Hall–Kier alpha value is -1.59. The van der Waals surface area contributed by atoms with Gasteiger partial charge in [-0.1, -0.05) is 24.8 Å². The standard InChI is InChI=1S/C16H16F2O2S/c1-4-5-6-13-10(2)16(17,18)9-20-15(13)14-7-12(8-19)21-11(14)3/h4-8,15H,1,9H2,2-3H3/b6-5-. The summed E-state index contributed by atoms with van der Waals surface area (Å²) in [5.41, 5.74) is 1.18. The lowest BCUT2D eigenvalue weighted by atomic mass is 9.91. The molecule has 112 valence electrons. The maximum absolute atomic E-state index is 13.8. The molecule has 2 nitrogen and oxygen atoms in total. The van der Waals surface area contributed by atoms with Crippen molar-refractivity contribution in [1.29, 1.82) is 0 Å². The lowest BCUT2D eigenvalue weighted by Crippen LogP contribution is -2.33. The predicted molar refractivity (Wildman–Crippen MR) is 80.1 cm³/mol. The summed E-state index contributed by atoms with van der Waals surface area (Å²) >= 11 is 1.33. The zero-order valence-corrected chi connectivity index (χ0v) is 12.7. The molecular weight excluding hydrogens is 294 g/mol. The van der Waals surface area contributed by atoms with E-state index < -0.39 is 18.6 Å². The second-order valence-corrected chi connectivity index (χ2v) is 6.14. The van der Waals surface area contributed by atoms with Gasteiger partial charge in [-0.15, -0.1) is 11.3 Å². The number of thiophene rings is 1. The number of alkyl halides is 2. The molecule has 0 radical (unpaired) electrons. The van der Waals surface area contributed by atoms with Gasteiger partial charge in [-0.05, 0) is 31.1 Å². The first-order valence-electron chi connectivity index (χ1n) is 6.46. The van der Waals surface area contributed by atoms with Crippen molar-refractivity contribution in [2.45, 2.75) is 25.9 Å². The van der Waals surface area contributed by atoms with Crippen molar-refractivity contribution in [3.63, 3.8) is 0 Å². The Kier molecular flexibility index (Phi) is 4.54. The van der Waals surface area contributed by atoms with Gasteiger partial charge < -0.3 is 4.74 Å². The maximum Gasteiger partial charge on any atom is 0.292 e. The van der Waals surface area contributed by atoms with Crippen LogP contribution in [-0.4, -0.2) is 18.8 Å². The molecule has 1 aromatic rings. The van der Waals surface area contributed by atoms with E-state index in [1.165, 1.54) is 24.3 Å². The van der Waals surface area contributed by atoms with E-state index in [-0.39, 0.29) is 5.57 Å². The molecule has 5 heteroatoms. The van der Waals surface area contributed by atoms with Crippen LogP contribution in [0.4, 0.5) is 8.78 Å².